The first-order chi connectivity index (χ1) is 13.2. The molecule has 0 atom stereocenters. The van der Waals surface area contributed by atoms with E-state index in [1.165, 1.54) is 22.1 Å². The highest BCUT2D eigenvalue weighted by Crippen LogP contribution is 2.39. The van der Waals surface area contributed by atoms with Crippen LogP contribution in [0.15, 0.2) is 93.8 Å². The number of aryl methyl sites for hydroxylation is 1. The lowest BCUT2D eigenvalue weighted by Crippen LogP contribution is -1.84. The third-order valence-corrected chi connectivity index (χ3v) is 5.67. The van der Waals surface area contributed by atoms with Crippen LogP contribution in [-0.4, -0.2) is 0 Å². The molecule has 0 radical (unpaired) electrons. The van der Waals surface area contributed by atoms with Gasteiger partial charge in [0.1, 0.15) is 11.2 Å². The van der Waals surface area contributed by atoms with E-state index in [1.54, 1.807) is 0 Å². The van der Waals surface area contributed by atoms with Gasteiger partial charge in [-0.25, -0.2) is 0 Å². The molecule has 0 saturated heterocycles. The number of fused-ring (bicyclic) bond motifs is 3. The van der Waals surface area contributed by atoms with E-state index in [2.05, 4.69) is 102 Å². The van der Waals surface area contributed by atoms with Crippen molar-refractivity contribution in [2.24, 2.45) is 0 Å². The van der Waals surface area contributed by atoms with Crippen molar-refractivity contribution in [1.29, 1.82) is 0 Å². The number of benzene rings is 4. The molecule has 1 heterocycles. The van der Waals surface area contributed by atoms with Crippen molar-refractivity contribution in [2.75, 3.05) is 0 Å². The smallest absolute Gasteiger partial charge is 0.143 e. The third-order valence-electron chi connectivity index (χ3n) is 5.02. The molecule has 0 bridgehead atoms. The number of halogens is 1. The highest BCUT2D eigenvalue weighted by molar-refractivity contribution is 9.10. The van der Waals surface area contributed by atoms with Crippen LogP contribution in [0.2, 0.25) is 0 Å². The quantitative estimate of drug-likeness (QED) is 0.286. The van der Waals surface area contributed by atoms with E-state index in [9.17, 15) is 0 Å². The topological polar surface area (TPSA) is 13.1 Å². The van der Waals surface area contributed by atoms with E-state index in [1.807, 2.05) is 6.07 Å². The van der Waals surface area contributed by atoms with Crippen molar-refractivity contribution in [1.82, 2.24) is 0 Å². The molecule has 0 N–H and O–H groups in total. The summed E-state index contributed by atoms with van der Waals surface area (Å²) in [7, 11) is 0. The number of furan rings is 1. The second-order valence-electron chi connectivity index (χ2n) is 6.84. The van der Waals surface area contributed by atoms with Crippen molar-refractivity contribution in [3.8, 4) is 22.3 Å². The summed E-state index contributed by atoms with van der Waals surface area (Å²) in [5.74, 6) is 0. The Kier molecular flexibility index (Phi) is 3.87. The Labute approximate surface area is 166 Å². The van der Waals surface area contributed by atoms with Gasteiger partial charge in [-0.1, -0.05) is 88.2 Å². The van der Waals surface area contributed by atoms with E-state index >= 15 is 0 Å². The first kappa shape index (κ1) is 16.3. The molecule has 0 fully saturated rings. The summed E-state index contributed by atoms with van der Waals surface area (Å²) in [6.07, 6.45) is 0. The van der Waals surface area contributed by atoms with Gasteiger partial charge >= 0.3 is 0 Å². The maximum Gasteiger partial charge on any atom is 0.143 e. The monoisotopic (exact) mass is 412 g/mol. The van der Waals surface area contributed by atoms with E-state index < -0.39 is 0 Å². The standard InChI is InChI=1S/C25H17BrO/c1-16-10-13-24-22(14-16)21-9-5-8-20(25(21)27-24)19-12-11-18(15-23(19)26)17-6-3-2-4-7-17/h2-15H,1H3. The minimum absolute atomic E-state index is 0.931. The molecule has 5 rings (SSSR count). The minimum Gasteiger partial charge on any atom is -0.455 e. The Hall–Kier alpha value is -2.84. The normalized spacial score (nSPS) is 11.3. The Bertz CT molecular complexity index is 1280. The summed E-state index contributed by atoms with van der Waals surface area (Å²) >= 11 is 3.78. The summed E-state index contributed by atoms with van der Waals surface area (Å²) in [6, 6.07) is 29.6. The average Bonchev–Trinajstić information content (AvgIpc) is 3.07. The Balaban J connectivity index is 1.71. The predicted octanol–water partition coefficient (Wildman–Crippen LogP) is 7.99. The van der Waals surface area contributed by atoms with Crippen LogP contribution in [0.3, 0.4) is 0 Å². The zero-order valence-electron chi connectivity index (χ0n) is 14.9. The lowest BCUT2D eigenvalue weighted by atomic mass is 9.98. The fraction of sp³-hybridized carbons (Fsp3) is 0.0400. The zero-order chi connectivity index (χ0) is 18.4. The molecule has 1 aromatic heterocycles. The fourth-order valence-corrected chi connectivity index (χ4v) is 4.26. The molecular weight excluding hydrogens is 396 g/mol. The SMILES string of the molecule is Cc1ccc2oc3c(-c4ccc(-c5ccccc5)cc4Br)cccc3c2c1. The fourth-order valence-electron chi connectivity index (χ4n) is 3.67. The largest absolute Gasteiger partial charge is 0.455 e. The molecule has 130 valence electrons. The number of para-hydroxylation sites is 1. The van der Waals surface area contributed by atoms with Gasteiger partial charge in [-0.15, -0.1) is 0 Å². The lowest BCUT2D eigenvalue weighted by Gasteiger charge is -2.09. The molecule has 0 aliphatic heterocycles. The molecule has 27 heavy (non-hydrogen) atoms. The number of hydrogen-bond donors (Lipinski definition) is 0. The Morgan fingerprint density at radius 3 is 2.33 bits per heavy atom. The molecule has 0 unspecified atom stereocenters. The van der Waals surface area contributed by atoms with E-state index in [-0.39, 0.29) is 0 Å². The molecule has 0 aliphatic rings. The van der Waals surface area contributed by atoms with Crippen LogP contribution < -0.4 is 0 Å². The molecule has 4 aromatic carbocycles. The van der Waals surface area contributed by atoms with E-state index in [0.717, 1.165) is 32.2 Å². The van der Waals surface area contributed by atoms with Crippen molar-refractivity contribution in [2.45, 2.75) is 6.92 Å². The van der Waals surface area contributed by atoms with Crippen LogP contribution in [0.5, 0.6) is 0 Å². The summed E-state index contributed by atoms with van der Waals surface area (Å²) in [4.78, 5) is 0. The highest BCUT2D eigenvalue weighted by atomic mass is 79.9. The zero-order valence-corrected chi connectivity index (χ0v) is 16.5. The lowest BCUT2D eigenvalue weighted by molar-refractivity contribution is 0.670. The maximum absolute atomic E-state index is 6.24. The second-order valence-corrected chi connectivity index (χ2v) is 7.70. The van der Waals surface area contributed by atoms with Crippen LogP contribution in [0.25, 0.3) is 44.2 Å². The van der Waals surface area contributed by atoms with Crippen LogP contribution in [0, 0.1) is 6.92 Å². The molecule has 0 spiro atoms. The summed E-state index contributed by atoms with van der Waals surface area (Å²) in [5.41, 5.74) is 7.75. The summed E-state index contributed by atoms with van der Waals surface area (Å²) in [6.45, 7) is 2.11. The van der Waals surface area contributed by atoms with Crippen molar-refractivity contribution >= 4 is 37.9 Å². The van der Waals surface area contributed by atoms with Crippen LogP contribution in [-0.2, 0) is 0 Å². The van der Waals surface area contributed by atoms with Gasteiger partial charge in [-0.05, 0) is 41.8 Å². The maximum atomic E-state index is 6.24. The second kappa shape index (κ2) is 6.40. The predicted molar refractivity (Wildman–Crippen MR) is 117 cm³/mol. The first-order valence-corrected chi connectivity index (χ1v) is 9.77. The molecule has 5 aromatic rings. The van der Waals surface area contributed by atoms with Gasteiger partial charge in [0.2, 0.25) is 0 Å². The van der Waals surface area contributed by atoms with Crippen molar-refractivity contribution < 1.29 is 4.42 Å². The van der Waals surface area contributed by atoms with Gasteiger partial charge < -0.3 is 4.42 Å². The molecule has 1 nitrogen and oxygen atoms in total. The minimum atomic E-state index is 0.931. The highest BCUT2D eigenvalue weighted by Gasteiger charge is 2.14. The summed E-state index contributed by atoms with van der Waals surface area (Å²) in [5, 5.41) is 2.33. The van der Waals surface area contributed by atoms with Gasteiger partial charge in [-0.2, -0.15) is 0 Å². The van der Waals surface area contributed by atoms with E-state index in [0.29, 0.717) is 0 Å². The van der Waals surface area contributed by atoms with Gasteiger partial charge in [0, 0.05) is 20.8 Å². The molecule has 0 amide bonds. The average molecular weight is 413 g/mol. The van der Waals surface area contributed by atoms with E-state index in [4.69, 9.17) is 4.42 Å². The van der Waals surface area contributed by atoms with Crippen LogP contribution in [0.4, 0.5) is 0 Å². The molecule has 0 saturated carbocycles. The van der Waals surface area contributed by atoms with Gasteiger partial charge in [-0.3, -0.25) is 0 Å². The first-order valence-electron chi connectivity index (χ1n) is 8.98. The number of hydrogen-bond acceptors (Lipinski definition) is 1. The van der Waals surface area contributed by atoms with Crippen molar-refractivity contribution in [3.63, 3.8) is 0 Å². The van der Waals surface area contributed by atoms with Crippen LogP contribution >= 0.6 is 15.9 Å². The Morgan fingerprint density at radius 1 is 0.667 bits per heavy atom. The van der Waals surface area contributed by atoms with Gasteiger partial charge in [0.05, 0.1) is 0 Å². The van der Waals surface area contributed by atoms with Gasteiger partial charge in [0.15, 0.2) is 0 Å². The molecule has 0 aliphatic carbocycles. The molecular formula is C25H17BrO. The third kappa shape index (κ3) is 2.77. The van der Waals surface area contributed by atoms with Gasteiger partial charge in [0.25, 0.3) is 0 Å². The van der Waals surface area contributed by atoms with Crippen LogP contribution in [0.1, 0.15) is 5.56 Å². The molecule has 2 heteroatoms. The Morgan fingerprint density at radius 2 is 1.52 bits per heavy atom. The van der Waals surface area contributed by atoms with Crippen molar-refractivity contribution in [3.05, 3.63) is 95.0 Å². The summed E-state index contributed by atoms with van der Waals surface area (Å²) < 4.78 is 7.30. The number of rotatable bonds is 2.